The van der Waals surface area contributed by atoms with Crippen LogP contribution in [-0.2, 0) is 5.67 Å². The van der Waals surface area contributed by atoms with Crippen molar-refractivity contribution >= 4 is 11.3 Å². The monoisotopic (exact) mass is 186 g/mol. The summed E-state index contributed by atoms with van der Waals surface area (Å²) in [6.45, 7) is 0. The van der Waals surface area contributed by atoms with E-state index in [0.29, 0.717) is 18.5 Å². The van der Waals surface area contributed by atoms with E-state index in [-0.39, 0.29) is 6.04 Å². The highest BCUT2D eigenvalue weighted by Crippen LogP contribution is 2.41. The Balaban J connectivity index is 2.23. The summed E-state index contributed by atoms with van der Waals surface area (Å²) < 4.78 is 14.0. The van der Waals surface area contributed by atoms with Crippen molar-refractivity contribution in [1.29, 1.82) is 0 Å². The molecule has 2 nitrogen and oxygen atoms in total. The number of thiazole rings is 1. The van der Waals surface area contributed by atoms with Gasteiger partial charge in [-0.25, -0.2) is 9.37 Å². The number of nitrogens with zero attached hydrogens (tertiary/aromatic N) is 1. The molecule has 1 aliphatic rings. The van der Waals surface area contributed by atoms with Crippen LogP contribution in [0.1, 0.15) is 25.0 Å². The molecule has 66 valence electrons. The fraction of sp³-hybridized carbons (Fsp3) is 0.625. The highest BCUT2D eigenvalue weighted by molar-refractivity contribution is 7.07. The standard InChI is InChI=1S/C8H11FN2S/c9-8(2-1-6(10)3-8)7-4-12-5-11-7/h4-6H,1-3,10H2. The van der Waals surface area contributed by atoms with Gasteiger partial charge in [-0.15, -0.1) is 11.3 Å². The molecule has 0 amide bonds. The molecule has 0 aromatic carbocycles. The SMILES string of the molecule is NC1CCC(F)(c2cscn2)C1. The summed E-state index contributed by atoms with van der Waals surface area (Å²) in [5, 5.41) is 1.78. The molecule has 1 saturated carbocycles. The molecule has 2 atom stereocenters. The third-order valence-electron chi connectivity index (χ3n) is 2.39. The van der Waals surface area contributed by atoms with Crippen LogP contribution in [0.15, 0.2) is 10.9 Å². The Hall–Kier alpha value is -0.480. The number of rotatable bonds is 1. The van der Waals surface area contributed by atoms with Crippen LogP contribution in [0.25, 0.3) is 0 Å². The van der Waals surface area contributed by atoms with Crippen LogP contribution >= 0.6 is 11.3 Å². The fourth-order valence-corrected chi connectivity index (χ4v) is 2.34. The highest BCUT2D eigenvalue weighted by atomic mass is 32.1. The lowest BCUT2D eigenvalue weighted by Gasteiger charge is -2.15. The third kappa shape index (κ3) is 1.25. The number of aromatic nitrogens is 1. The molecule has 1 aliphatic carbocycles. The van der Waals surface area contributed by atoms with E-state index in [0.717, 1.165) is 6.42 Å². The minimum absolute atomic E-state index is 0.0108. The van der Waals surface area contributed by atoms with Crippen LogP contribution in [0.3, 0.4) is 0 Å². The molecule has 0 aliphatic heterocycles. The van der Waals surface area contributed by atoms with Crippen LogP contribution in [0.4, 0.5) is 4.39 Å². The minimum atomic E-state index is -1.24. The van der Waals surface area contributed by atoms with Gasteiger partial charge in [0.15, 0.2) is 5.67 Å². The Morgan fingerprint density at radius 1 is 1.75 bits per heavy atom. The summed E-state index contributed by atoms with van der Waals surface area (Å²) in [4.78, 5) is 3.99. The largest absolute Gasteiger partial charge is 0.328 e. The van der Waals surface area contributed by atoms with Crippen molar-refractivity contribution in [3.8, 4) is 0 Å². The molecule has 1 aromatic heterocycles. The molecule has 4 heteroatoms. The average Bonchev–Trinajstić information content (AvgIpc) is 2.59. The van der Waals surface area contributed by atoms with Crippen LogP contribution in [-0.4, -0.2) is 11.0 Å². The van der Waals surface area contributed by atoms with Crippen molar-refractivity contribution in [2.75, 3.05) is 0 Å². The van der Waals surface area contributed by atoms with Crippen molar-refractivity contribution < 1.29 is 4.39 Å². The van der Waals surface area contributed by atoms with Crippen molar-refractivity contribution in [3.05, 3.63) is 16.6 Å². The van der Waals surface area contributed by atoms with Gasteiger partial charge >= 0.3 is 0 Å². The van der Waals surface area contributed by atoms with Gasteiger partial charge in [0.05, 0.1) is 11.2 Å². The van der Waals surface area contributed by atoms with Gasteiger partial charge in [0.25, 0.3) is 0 Å². The summed E-state index contributed by atoms with van der Waals surface area (Å²) >= 11 is 1.43. The topological polar surface area (TPSA) is 38.9 Å². The second-order valence-electron chi connectivity index (χ2n) is 3.34. The Kier molecular flexibility index (Phi) is 1.88. The lowest BCUT2D eigenvalue weighted by Crippen LogP contribution is -2.21. The minimum Gasteiger partial charge on any atom is -0.328 e. The summed E-state index contributed by atoms with van der Waals surface area (Å²) in [7, 11) is 0. The maximum absolute atomic E-state index is 14.0. The van der Waals surface area contributed by atoms with Crippen LogP contribution in [0.2, 0.25) is 0 Å². The molecule has 0 spiro atoms. The number of hydrogen-bond acceptors (Lipinski definition) is 3. The van der Waals surface area contributed by atoms with Gasteiger partial charge in [0.2, 0.25) is 0 Å². The summed E-state index contributed by atoms with van der Waals surface area (Å²) in [6.07, 6.45) is 1.72. The lowest BCUT2D eigenvalue weighted by molar-refractivity contribution is 0.167. The third-order valence-corrected chi connectivity index (χ3v) is 2.97. The number of alkyl halides is 1. The van der Waals surface area contributed by atoms with Crippen molar-refractivity contribution in [2.45, 2.75) is 31.0 Å². The lowest BCUT2D eigenvalue weighted by atomic mass is 10.0. The van der Waals surface area contributed by atoms with E-state index >= 15 is 0 Å². The van der Waals surface area contributed by atoms with Gasteiger partial charge in [0.1, 0.15) is 0 Å². The zero-order valence-electron chi connectivity index (χ0n) is 6.66. The molecule has 2 unspecified atom stereocenters. The number of nitrogens with two attached hydrogens (primary N) is 1. The number of hydrogen-bond donors (Lipinski definition) is 1. The zero-order chi connectivity index (χ0) is 8.60. The smallest absolute Gasteiger partial charge is 0.155 e. The highest BCUT2D eigenvalue weighted by Gasteiger charge is 2.40. The van der Waals surface area contributed by atoms with Crippen molar-refractivity contribution in [3.63, 3.8) is 0 Å². The fourth-order valence-electron chi connectivity index (χ4n) is 1.70. The molecule has 12 heavy (non-hydrogen) atoms. The summed E-state index contributed by atoms with van der Waals surface area (Å²) in [5.41, 5.74) is 6.65. The normalized spacial score (nSPS) is 35.7. The van der Waals surface area contributed by atoms with E-state index in [1.165, 1.54) is 11.3 Å². The Bertz CT molecular complexity index is 262. The maximum atomic E-state index is 14.0. The van der Waals surface area contributed by atoms with E-state index in [1.807, 2.05) is 0 Å². The van der Waals surface area contributed by atoms with Crippen LogP contribution in [0.5, 0.6) is 0 Å². The predicted molar refractivity (Wildman–Crippen MR) is 46.7 cm³/mol. The van der Waals surface area contributed by atoms with E-state index < -0.39 is 5.67 Å². The van der Waals surface area contributed by atoms with Crippen molar-refractivity contribution in [2.24, 2.45) is 5.73 Å². The van der Waals surface area contributed by atoms with Gasteiger partial charge in [-0.3, -0.25) is 0 Å². The first kappa shape index (κ1) is 8.13. The van der Waals surface area contributed by atoms with Gasteiger partial charge < -0.3 is 5.73 Å². The van der Waals surface area contributed by atoms with Crippen LogP contribution < -0.4 is 5.73 Å². The first-order chi connectivity index (χ1) is 5.71. The second kappa shape index (κ2) is 2.78. The molecule has 1 fully saturated rings. The van der Waals surface area contributed by atoms with Crippen molar-refractivity contribution in [1.82, 2.24) is 4.98 Å². The predicted octanol–water partition coefficient (Wildman–Crippen LogP) is 1.82. The molecular weight excluding hydrogens is 175 g/mol. The maximum Gasteiger partial charge on any atom is 0.155 e. The molecule has 1 aromatic rings. The molecule has 2 N–H and O–H groups in total. The van der Waals surface area contributed by atoms with E-state index in [1.54, 1.807) is 10.9 Å². The van der Waals surface area contributed by atoms with E-state index in [4.69, 9.17) is 5.73 Å². The molecular formula is C8H11FN2S. The molecule has 0 saturated heterocycles. The van der Waals surface area contributed by atoms with Crippen LogP contribution in [0, 0.1) is 0 Å². The molecule has 0 bridgehead atoms. The number of halogens is 1. The second-order valence-corrected chi connectivity index (χ2v) is 4.06. The average molecular weight is 186 g/mol. The van der Waals surface area contributed by atoms with E-state index in [2.05, 4.69) is 4.98 Å². The van der Waals surface area contributed by atoms with Gasteiger partial charge in [0, 0.05) is 17.8 Å². The van der Waals surface area contributed by atoms with Gasteiger partial charge in [-0.05, 0) is 12.8 Å². The Labute approximate surface area is 74.6 Å². The first-order valence-corrected chi connectivity index (χ1v) is 4.98. The Morgan fingerprint density at radius 3 is 3.08 bits per heavy atom. The van der Waals surface area contributed by atoms with Gasteiger partial charge in [-0.1, -0.05) is 0 Å². The summed E-state index contributed by atoms with van der Waals surface area (Å²) in [6, 6.07) is 0.0108. The zero-order valence-corrected chi connectivity index (χ0v) is 7.48. The van der Waals surface area contributed by atoms with E-state index in [9.17, 15) is 4.39 Å². The molecule has 0 radical (unpaired) electrons. The Morgan fingerprint density at radius 2 is 2.58 bits per heavy atom. The molecule has 2 rings (SSSR count). The summed E-state index contributed by atoms with van der Waals surface area (Å²) in [5.74, 6) is 0. The first-order valence-electron chi connectivity index (χ1n) is 4.04. The quantitative estimate of drug-likeness (QED) is 0.726. The van der Waals surface area contributed by atoms with Gasteiger partial charge in [-0.2, -0.15) is 0 Å². The molecule has 1 heterocycles.